The van der Waals surface area contributed by atoms with E-state index in [4.69, 9.17) is 27.9 Å². The largest absolute Gasteiger partial charge is 0.380 e. The maximum absolute atomic E-state index is 6.17. The summed E-state index contributed by atoms with van der Waals surface area (Å²) in [4.78, 5) is 2.29. The number of piperidine rings is 1. The summed E-state index contributed by atoms with van der Waals surface area (Å²) < 4.78 is 5.42. The molecule has 1 unspecified atom stereocenters. The van der Waals surface area contributed by atoms with E-state index in [1.807, 2.05) is 32.9 Å². The Bertz CT molecular complexity index is 386. The van der Waals surface area contributed by atoms with Crippen molar-refractivity contribution < 1.29 is 4.74 Å². The van der Waals surface area contributed by atoms with Crippen molar-refractivity contribution in [3.63, 3.8) is 0 Å². The van der Waals surface area contributed by atoms with E-state index >= 15 is 0 Å². The third kappa shape index (κ3) is 4.27. The van der Waals surface area contributed by atoms with Gasteiger partial charge in [-0.1, -0.05) is 37.0 Å². The lowest BCUT2D eigenvalue weighted by atomic mass is 10.1. The van der Waals surface area contributed by atoms with E-state index in [9.17, 15) is 0 Å². The summed E-state index contributed by atoms with van der Waals surface area (Å²) in [5.74, 6) is 0. The number of rotatable bonds is 2. The van der Waals surface area contributed by atoms with E-state index < -0.39 is 0 Å². The Morgan fingerprint density at radius 3 is 2.32 bits per heavy atom. The van der Waals surface area contributed by atoms with Crippen molar-refractivity contribution in [3.05, 3.63) is 27.7 Å². The number of hydrogen-bond donors (Lipinski definition) is 0. The summed E-state index contributed by atoms with van der Waals surface area (Å²) in [6.45, 7) is 7.88. The van der Waals surface area contributed by atoms with Crippen LogP contribution in [0.4, 0.5) is 5.69 Å². The molecular weight excluding hydrogens is 281 g/mol. The molecule has 0 aliphatic carbocycles. The molecule has 1 aliphatic heterocycles. The Balaban J connectivity index is 0.000000861. The predicted molar refractivity (Wildman–Crippen MR) is 84.8 cm³/mol. The highest BCUT2D eigenvalue weighted by Crippen LogP contribution is 2.31. The minimum Gasteiger partial charge on any atom is -0.380 e. The molecule has 0 N–H and O–H groups in total. The zero-order valence-electron chi connectivity index (χ0n) is 12.2. The summed E-state index contributed by atoms with van der Waals surface area (Å²) in [6.07, 6.45) is 2.57. The molecular formula is C15H23Cl2NO. The third-order valence-corrected chi connectivity index (χ3v) is 4.13. The summed E-state index contributed by atoms with van der Waals surface area (Å²) in [5, 5.41) is 1.46. The number of anilines is 1. The maximum atomic E-state index is 6.17. The lowest BCUT2D eigenvalue weighted by Crippen LogP contribution is -2.39. The lowest BCUT2D eigenvalue weighted by molar-refractivity contribution is 0.0893. The molecule has 1 aliphatic rings. The number of benzene rings is 1. The molecule has 0 spiro atoms. The zero-order chi connectivity index (χ0) is 14.4. The normalized spacial score (nSPS) is 18.8. The highest BCUT2D eigenvalue weighted by atomic mass is 35.5. The van der Waals surface area contributed by atoms with Crippen molar-refractivity contribution in [2.75, 3.05) is 25.1 Å². The van der Waals surface area contributed by atoms with Gasteiger partial charge in [0.15, 0.2) is 0 Å². The van der Waals surface area contributed by atoms with Gasteiger partial charge < -0.3 is 9.64 Å². The van der Waals surface area contributed by atoms with E-state index in [0.29, 0.717) is 6.10 Å². The molecule has 108 valence electrons. The zero-order valence-corrected chi connectivity index (χ0v) is 13.7. The second-order valence-electron chi connectivity index (χ2n) is 4.48. The van der Waals surface area contributed by atoms with Gasteiger partial charge in [-0.2, -0.15) is 0 Å². The molecule has 1 atom stereocenters. The van der Waals surface area contributed by atoms with Crippen LogP contribution in [0.15, 0.2) is 12.1 Å². The molecule has 0 radical (unpaired) electrons. The average Bonchev–Trinajstić information content (AvgIpc) is 2.46. The molecule has 0 aromatic heterocycles. The molecule has 1 heterocycles. The minimum absolute atomic E-state index is 0.308. The molecule has 19 heavy (non-hydrogen) atoms. The van der Waals surface area contributed by atoms with Crippen LogP contribution in [0.2, 0.25) is 10.0 Å². The van der Waals surface area contributed by atoms with E-state index in [-0.39, 0.29) is 0 Å². The molecule has 4 heteroatoms. The van der Waals surface area contributed by atoms with E-state index in [2.05, 4.69) is 4.90 Å². The van der Waals surface area contributed by atoms with Gasteiger partial charge in [0.05, 0.1) is 6.10 Å². The molecule has 0 amide bonds. The maximum Gasteiger partial charge on any atom is 0.0746 e. The number of ether oxygens (including phenoxy) is 1. The average molecular weight is 304 g/mol. The highest BCUT2D eigenvalue weighted by molar-refractivity contribution is 6.36. The van der Waals surface area contributed by atoms with Crippen LogP contribution in [0.5, 0.6) is 0 Å². The van der Waals surface area contributed by atoms with Gasteiger partial charge in [0.2, 0.25) is 0 Å². The number of methoxy groups -OCH3 is 1. The van der Waals surface area contributed by atoms with Crippen LogP contribution in [0.3, 0.4) is 0 Å². The minimum atomic E-state index is 0.308. The Morgan fingerprint density at radius 1 is 1.21 bits per heavy atom. The fraction of sp³-hybridized carbons (Fsp3) is 0.600. The van der Waals surface area contributed by atoms with Crippen molar-refractivity contribution in [1.29, 1.82) is 0 Å². The van der Waals surface area contributed by atoms with Crippen LogP contribution < -0.4 is 4.90 Å². The van der Waals surface area contributed by atoms with Crippen molar-refractivity contribution in [2.45, 2.75) is 39.7 Å². The van der Waals surface area contributed by atoms with Crippen LogP contribution >= 0.6 is 23.2 Å². The van der Waals surface area contributed by atoms with E-state index in [1.165, 1.54) is 0 Å². The molecule has 0 saturated carbocycles. The van der Waals surface area contributed by atoms with Gasteiger partial charge in [0.1, 0.15) is 0 Å². The molecule has 2 nitrogen and oxygen atoms in total. The van der Waals surface area contributed by atoms with E-state index in [1.54, 1.807) is 7.11 Å². The van der Waals surface area contributed by atoms with Gasteiger partial charge in [-0.05, 0) is 37.5 Å². The van der Waals surface area contributed by atoms with Gasteiger partial charge in [-0.3, -0.25) is 0 Å². The third-order valence-electron chi connectivity index (χ3n) is 3.34. The molecule has 2 rings (SSSR count). The molecule has 0 bridgehead atoms. The van der Waals surface area contributed by atoms with Crippen molar-refractivity contribution in [1.82, 2.24) is 0 Å². The van der Waals surface area contributed by atoms with Crippen LogP contribution in [-0.4, -0.2) is 26.3 Å². The topological polar surface area (TPSA) is 12.5 Å². The fourth-order valence-corrected chi connectivity index (χ4v) is 2.66. The lowest BCUT2D eigenvalue weighted by Gasteiger charge is -2.34. The summed E-state index contributed by atoms with van der Waals surface area (Å²) in [7, 11) is 1.77. The van der Waals surface area contributed by atoms with Gasteiger partial charge in [-0.25, -0.2) is 0 Å². The standard InChI is InChI=1S/C13H17Cl2NO.C2H6/c1-9-12(14)6-10(7-13(9)15)16-5-3-4-11(8-16)17-2;1-2/h6-7,11H,3-5,8H2,1-2H3;1-2H3. The van der Waals surface area contributed by atoms with Crippen LogP contribution in [0, 0.1) is 6.92 Å². The van der Waals surface area contributed by atoms with Crippen molar-refractivity contribution >= 4 is 28.9 Å². The molecule has 1 fully saturated rings. The number of hydrogen-bond acceptors (Lipinski definition) is 2. The molecule has 1 saturated heterocycles. The summed E-state index contributed by atoms with van der Waals surface area (Å²) in [5.41, 5.74) is 2.03. The second kappa shape index (κ2) is 7.98. The van der Waals surface area contributed by atoms with Crippen LogP contribution in [-0.2, 0) is 4.74 Å². The predicted octanol–water partition coefficient (Wildman–Crippen LogP) is 4.94. The van der Waals surface area contributed by atoms with E-state index in [0.717, 1.165) is 47.2 Å². The first-order valence-electron chi connectivity index (χ1n) is 6.85. The first-order valence-corrected chi connectivity index (χ1v) is 7.61. The Morgan fingerprint density at radius 2 is 1.79 bits per heavy atom. The first kappa shape index (κ1) is 16.6. The first-order chi connectivity index (χ1) is 9.11. The monoisotopic (exact) mass is 303 g/mol. The van der Waals surface area contributed by atoms with Gasteiger partial charge >= 0.3 is 0 Å². The Hall–Kier alpha value is -0.440. The summed E-state index contributed by atoms with van der Waals surface area (Å²) in [6, 6.07) is 3.97. The smallest absolute Gasteiger partial charge is 0.0746 e. The highest BCUT2D eigenvalue weighted by Gasteiger charge is 2.20. The SMILES string of the molecule is CC.COC1CCCN(c2cc(Cl)c(C)c(Cl)c2)C1. The van der Waals surface area contributed by atoms with Crippen LogP contribution in [0.1, 0.15) is 32.3 Å². The van der Waals surface area contributed by atoms with Crippen molar-refractivity contribution in [2.24, 2.45) is 0 Å². The second-order valence-corrected chi connectivity index (χ2v) is 5.29. The van der Waals surface area contributed by atoms with Gasteiger partial charge in [-0.15, -0.1) is 0 Å². The fourth-order valence-electron chi connectivity index (χ4n) is 2.18. The van der Waals surface area contributed by atoms with Crippen molar-refractivity contribution in [3.8, 4) is 0 Å². The molecule has 1 aromatic rings. The number of nitrogens with zero attached hydrogens (tertiary/aromatic N) is 1. The number of halogens is 2. The quantitative estimate of drug-likeness (QED) is 0.767. The summed E-state index contributed by atoms with van der Waals surface area (Å²) >= 11 is 12.3. The Labute approximate surface area is 126 Å². The Kier molecular flexibility index (Phi) is 6.98. The van der Waals surface area contributed by atoms with Crippen LogP contribution in [0.25, 0.3) is 0 Å². The molecule has 1 aromatic carbocycles. The van der Waals surface area contributed by atoms with Gasteiger partial charge in [0.25, 0.3) is 0 Å². The van der Waals surface area contributed by atoms with Gasteiger partial charge in [0, 0.05) is 35.9 Å².